The van der Waals surface area contributed by atoms with Gasteiger partial charge in [0.15, 0.2) is 17.3 Å². The summed E-state index contributed by atoms with van der Waals surface area (Å²) >= 11 is 0. The highest BCUT2D eigenvalue weighted by Gasteiger charge is 2.47. The second kappa shape index (κ2) is 9.46. The Labute approximate surface area is 187 Å². The van der Waals surface area contributed by atoms with Crippen molar-refractivity contribution < 1.29 is 33.7 Å². The molecule has 1 aromatic carbocycles. The first kappa shape index (κ1) is 23.4. The van der Waals surface area contributed by atoms with Gasteiger partial charge in [-0.25, -0.2) is 4.79 Å². The zero-order valence-electron chi connectivity index (χ0n) is 19.0. The number of benzene rings is 1. The number of ketones is 1. The number of hydrogen-bond donors (Lipinski definition) is 2. The van der Waals surface area contributed by atoms with Crippen LogP contribution in [-0.2, 0) is 23.9 Å². The second-order valence-corrected chi connectivity index (χ2v) is 8.10. The Bertz CT molecular complexity index is 1010. The molecule has 0 spiro atoms. The van der Waals surface area contributed by atoms with Gasteiger partial charge in [-0.2, -0.15) is 0 Å². The number of carbonyl (C=O) groups is 3. The van der Waals surface area contributed by atoms with Crippen molar-refractivity contribution in [1.29, 1.82) is 0 Å². The van der Waals surface area contributed by atoms with Crippen LogP contribution in [0.2, 0.25) is 0 Å². The van der Waals surface area contributed by atoms with Crippen molar-refractivity contribution in [3.63, 3.8) is 0 Å². The molecule has 0 radical (unpaired) electrons. The fraction of sp³-hybridized carbons (Fsp3) is 0.458. The van der Waals surface area contributed by atoms with Crippen molar-refractivity contribution in [1.82, 2.24) is 5.32 Å². The first-order valence-corrected chi connectivity index (χ1v) is 10.6. The summed E-state index contributed by atoms with van der Waals surface area (Å²) in [6.45, 7) is 5.72. The lowest BCUT2D eigenvalue weighted by Gasteiger charge is -2.38. The van der Waals surface area contributed by atoms with E-state index in [1.54, 1.807) is 19.1 Å². The molecule has 0 unspecified atom stereocenters. The van der Waals surface area contributed by atoms with Crippen LogP contribution in [0.25, 0.3) is 0 Å². The minimum atomic E-state index is -0.964. The summed E-state index contributed by atoms with van der Waals surface area (Å²) in [5, 5.41) is 13.3. The predicted molar refractivity (Wildman–Crippen MR) is 116 cm³/mol. The Kier molecular flexibility index (Phi) is 6.91. The fourth-order valence-corrected chi connectivity index (χ4v) is 4.43. The number of esters is 2. The molecular formula is C24H29NO7. The molecule has 3 atom stereocenters. The number of dihydropyridines is 1. The lowest BCUT2D eigenvalue weighted by molar-refractivity contribution is -0.151. The highest BCUT2D eigenvalue weighted by molar-refractivity contribution is 6.12. The predicted octanol–water partition coefficient (Wildman–Crippen LogP) is 2.97. The third kappa shape index (κ3) is 4.09. The van der Waals surface area contributed by atoms with E-state index in [1.165, 1.54) is 20.3 Å². The van der Waals surface area contributed by atoms with Crippen LogP contribution in [0, 0.1) is 11.8 Å². The average molecular weight is 443 g/mol. The molecule has 1 aliphatic carbocycles. The highest BCUT2D eigenvalue weighted by atomic mass is 16.5. The van der Waals surface area contributed by atoms with Gasteiger partial charge in [0.2, 0.25) is 0 Å². The monoisotopic (exact) mass is 443 g/mol. The van der Waals surface area contributed by atoms with Crippen LogP contribution in [0.15, 0.2) is 40.7 Å². The number of allylic oxidation sites excluding steroid dienone is 3. The molecule has 0 aromatic heterocycles. The molecule has 3 rings (SSSR count). The topological polar surface area (TPSA) is 111 Å². The van der Waals surface area contributed by atoms with Crippen LogP contribution >= 0.6 is 0 Å². The Morgan fingerprint density at radius 1 is 1.25 bits per heavy atom. The minimum Gasteiger partial charge on any atom is -0.504 e. The van der Waals surface area contributed by atoms with Gasteiger partial charge in [-0.15, -0.1) is 0 Å². The zero-order chi connectivity index (χ0) is 23.6. The van der Waals surface area contributed by atoms with Crippen LogP contribution in [0.1, 0.15) is 45.1 Å². The van der Waals surface area contributed by atoms with Gasteiger partial charge in [-0.3, -0.25) is 9.59 Å². The first-order valence-electron chi connectivity index (χ1n) is 10.6. The number of rotatable bonds is 6. The molecular weight excluding hydrogens is 414 g/mol. The van der Waals surface area contributed by atoms with Crippen molar-refractivity contribution in [2.45, 2.75) is 39.5 Å². The first-order chi connectivity index (χ1) is 15.2. The van der Waals surface area contributed by atoms with Gasteiger partial charge in [-0.1, -0.05) is 19.9 Å². The lowest BCUT2D eigenvalue weighted by atomic mass is 9.69. The summed E-state index contributed by atoms with van der Waals surface area (Å²) in [5.74, 6) is -3.39. The van der Waals surface area contributed by atoms with Crippen molar-refractivity contribution in [2.24, 2.45) is 11.8 Å². The quantitative estimate of drug-likeness (QED) is 0.510. The number of phenolic OH excluding ortho intramolecular Hbond substituents is 1. The number of phenols is 1. The summed E-state index contributed by atoms with van der Waals surface area (Å²) in [5.41, 5.74) is 2.45. The normalized spacial score (nSPS) is 22.8. The number of carbonyl (C=O) groups excluding carboxylic acids is 3. The highest BCUT2D eigenvalue weighted by Crippen LogP contribution is 2.46. The van der Waals surface area contributed by atoms with Crippen LogP contribution in [-0.4, -0.2) is 43.7 Å². The summed E-state index contributed by atoms with van der Waals surface area (Å²) in [4.78, 5) is 39.1. The number of ether oxygens (including phenoxy) is 3. The summed E-state index contributed by atoms with van der Waals surface area (Å²) in [6, 6.07) is 4.68. The van der Waals surface area contributed by atoms with E-state index >= 15 is 0 Å². The van der Waals surface area contributed by atoms with Gasteiger partial charge in [0.25, 0.3) is 0 Å². The Morgan fingerprint density at radius 3 is 2.59 bits per heavy atom. The standard InChI is InChI=1S/C24H29NO7/c1-6-9-32-24(29)19-13(3)25-15-10-12(2)18(23(28)31-5)22(27)21(15)20(19)14-7-8-16(26)17(11-14)30-4/h7-8,11-12,18,20,25-26H,6,9-10H2,1-5H3/t12-,18+,20+/m1/s1. The van der Waals surface area contributed by atoms with Crippen LogP contribution < -0.4 is 10.1 Å². The lowest BCUT2D eigenvalue weighted by Crippen LogP contribution is -2.43. The molecule has 2 aliphatic rings. The maximum atomic E-state index is 13.6. The molecule has 0 amide bonds. The fourth-order valence-electron chi connectivity index (χ4n) is 4.43. The van der Waals surface area contributed by atoms with Gasteiger partial charge in [0, 0.05) is 22.9 Å². The van der Waals surface area contributed by atoms with Gasteiger partial charge >= 0.3 is 11.9 Å². The molecule has 172 valence electrons. The van der Waals surface area contributed by atoms with Crippen LogP contribution in [0.5, 0.6) is 11.5 Å². The Morgan fingerprint density at radius 2 is 1.97 bits per heavy atom. The van der Waals surface area contributed by atoms with E-state index in [1.807, 2.05) is 13.8 Å². The molecule has 2 N–H and O–H groups in total. The molecule has 8 nitrogen and oxygen atoms in total. The zero-order valence-corrected chi connectivity index (χ0v) is 19.0. The molecule has 1 heterocycles. The molecule has 0 fully saturated rings. The average Bonchev–Trinajstić information content (AvgIpc) is 2.76. The van der Waals surface area contributed by atoms with E-state index in [9.17, 15) is 19.5 Å². The Hall–Kier alpha value is -3.29. The van der Waals surface area contributed by atoms with E-state index in [4.69, 9.17) is 14.2 Å². The Balaban J connectivity index is 2.20. The van der Waals surface area contributed by atoms with E-state index in [-0.39, 0.29) is 35.4 Å². The van der Waals surface area contributed by atoms with Crippen molar-refractivity contribution in [3.05, 3.63) is 46.3 Å². The molecule has 0 bridgehead atoms. The maximum absolute atomic E-state index is 13.6. The van der Waals surface area contributed by atoms with Gasteiger partial charge in [-0.05, 0) is 43.4 Å². The third-order valence-electron chi connectivity index (χ3n) is 5.94. The van der Waals surface area contributed by atoms with E-state index in [0.29, 0.717) is 35.4 Å². The molecule has 0 saturated heterocycles. The van der Waals surface area contributed by atoms with Gasteiger partial charge in [0.05, 0.1) is 26.4 Å². The number of aromatic hydroxyl groups is 1. The SMILES string of the molecule is CCCOC(=O)C1=C(C)NC2=C(C(=O)[C@@H](C(=O)OC)[C@H](C)C2)[C@H]1c1ccc(O)c(OC)c1. The van der Waals surface area contributed by atoms with Gasteiger partial charge in [0.1, 0.15) is 5.92 Å². The summed E-state index contributed by atoms with van der Waals surface area (Å²) in [6.07, 6.45) is 1.10. The smallest absolute Gasteiger partial charge is 0.336 e. The minimum absolute atomic E-state index is 0.0637. The maximum Gasteiger partial charge on any atom is 0.336 e. The van der Waals surface area contributed by atoms with E-state index < -0.39 is 23.8 Å². The third-order valence-corrected chi connectivity index (χ3v) is 5.94. The van der Waals surface area contributed by atoms with Crippen LogP contribution in [0.3, 0.4) is 0 Å². The van der Waals surface area contributed by atoms with Gasteiger partial charge < -0.3 is 24.6 Å². The molecule has 1 aliphatic heterocycles. The molecule has 32 heavy (non-hydrogen) atoms. The van der Waals surface area contributed by atoms with E-state index in [2.05, 4.69) is 5.32 Å². The summed E-state index contributed by atoms with van der Waals surface area (Å²) < 4.78 is 15.6. The number of methoxy groups -OCH3 is 2. The van der Waals surface area contributed by atoms with Crippen molar-refractivity contribution >= 4 is 17.7 Å². The second-order valence-electron chi connectivity index (χ2n) is 8.10. The van der Waals surface area contributed by atoms with Crippen molar-refractivity contribution in [2.75, 3.05) is 20.8 Å². The number of Topliss-reactive ketones (excluding diaryl/α,β-unsaturated/α-hetero) is 1. The summed E-state index contributed by atoms with van der Waals surface area (Å²) in [7, 11) is 2.68. The van der Waals surface area contributed by atoms with Crippen LogP contribution in [0.4, 0.5) is 0 Å². The van der Waals surface area contributed by atoms with E-state index in [0.717, 1.165) is 0 Å². The number of nitrogens with one attached hydrogen (secondary N) is 1. The molecule has 8 heteroatoms. The van der Waals surface area contributed by atoms with Crippen molar-refractivity contribution in [3.8, 4) is 11.5 Å². The molecule has 1 aromatic rings. The largest absolute Gasteiger partial charge is 0.504 e. The molecule has 0 saturated carbocycles. The number of hydrogen-bond acceptors (Lipinski definition) is 8.